The Kier molecular flexibility index (Phi) is 6.81. The first-order valence-electron chi connectivity index (χ1n) is 11.2. The van der Waals surface area contributed by atoms with Gasteiger partial charge in [-0.25, -0.2) is 9.97 Å². The second-order valence-electron chi connectivity index (χ2n) is 8.54. The summed E-state index contributed by atoms with van der Waals surface area (Å²) in [6, 6.07) is 3.49. The van der Waals surface area contributed by atoms with Crippen molar-refractivity contribution >= 4 is 22.2 Å². The topological polar surface area (TPSA) is 58.5 Å². The molecule has 0 atom stereocenters. The Morgan fingerprint density at radius 3 is 2.76 bits per heavy atom. The first kappa shape index (κ1) is 23.8. The molecule has 2 aliphatic rings. The number of aromatic nitrogens is 2. The van der Waals surface area contributed by atoms with Crippen LogP contribution in [0.2, 0.25) is 0 Å². The standard InChI is InChI=1S/C24H28F3N3O2S/c1-3-11-23(12-13-23)16-7-4-5-9-18(16)32-21-17(8-6-14-28-21)30(2)22-29-20(24(25,26)27)19(33-22)10-15-31/h4,6-8,14,31H,3,5,9-13,15H2,1-2H3. The van der Waals surface area contributed by atoms with Gasteiger partial charge in [-0.1, -0.05) is 25.5 Å². The van der Waals surface area contributed by atoms with Crippen molar-refractivity contribution in [2.24, 2.45) is 5.41 Å². The summed E-state index contributed by atoms with van der Waals surface area (Å²) in [7, 11) is 1.65. The summed E-state index contributed by atoms with van der Waals surface area (Å²) in [4.78, 5) is 9.84. The van der Waals surface area contributed by atoms with Crippen LogP contribution in [0.15, 0.2) is 41.8 Å². The van der Waals surface area contributed by atoms with Crippen molar-refractivity contribution in [3.05, 3.63) is 52.4 Å². The van der Waals surface area contributed by atoms with Crippen molar-refractivity contribution < 1.29 is 23.0 Å². The zero-order valence-corrected chi connectivity index (χ0v) is 19.6. The van der Waals surface area contributed by atoms with E-state index >= 15 is 0 Å². The van der Waals surface area contributed by atoms with Gasteiger partial charge in [-0.05, 0) is 48.8 Å². The molecule has 2 aromatic rings. The Morgan fingerprint density at radius 2 is 2.09 bits per heavy atom. The van der Waals surface area contributed by atoms with Crippen LogP contribution in [0.25, 0.3) is 0 Å². The third kappa shape index (κ3) is 4.94. The van der Waals surface area contributed by atoms with E-state index in [0.29, 0.717) is 11.6 Å². The lowest BCUT2D eigenvalue weighted by atomic mass is 9.86. The maximum atomic E-state index is 13.5. The number of thiazole rings is 1. The van der Waals surface area contributed by atoms with Gasteiger partial charge in [-0.3, -0.25) is 0 Å². The number of pyridine rings is 1. The van der Waals surface area contributed by atoms with Crippen LogP contribution in [-0.2, 0) is 12.6 Å². The molecule has 0 bridgehead atoms. The van der Waals surface area contributed by atoms with E-state index in [1.165, 1.54) is 5.57 Å². The molecule has 4 rings (SSSR count). The van der Waals surface area contributed by atoms with Gasteiger partial charge in [0.15, 0.2) is 10.8 Å². The molecule has 9 heteroatoms. The predicted molar refractivity (Wildman–Crippen MR) is 123 cm³/mol. The number of rotatable bonds is 9. The molecular formula is C24H28F3N3O2S. The van der Waals surface area contributed by atoms with E-state index in [4.69, 9.17) is 4.74 Å². The Morgan fingerprint density at radius 1 is 1.30 bits per heavy atom. The summed E-state index contributed by atoms with van der Waals surface area (Å²) < 4.78 is 46.7. The summed E-state index contributed by atoms with van der Waals surface area (Å²) in [6.07, 6.45) is 7.45. The molecule has 1 fully saturated rings. The van der Waals surface area contributed by atoms with Crippen molar-refractivity contribution in [2.75, 3.05) is 18.6 Å². The fourth-order valence-corrected chi connectivity index (χ4v) is 5.46. The summed E-state index contributed by atoms with van der Waals surface area (Å²) in [6.45, 7) is 1.81. The maximum Gasteiger partial charge on any atom is 0.434 e. The smallest absolute Gasteiger partial charge is 0.434 e. The van der Waals surface area contributed by atoms with Crippen molar-refractivity contribution in [1.29, 1.82) is 0 Å². The van der Waals surface area contributed by atoms with Crippen LogP contribution in [-0.4, -0.2) is 28.7 Å². The van der Waals surface area contributed by atoms with Gasteiger partial charge >= 0.3 is 6.18 Å². The molecule has 2 aromatic heterocycles. The van der Waals surface area contributed by atoms with Gasteiger partial charge in [0.25, 0.3) is 0 Å². The molecule has 2 heterocycles. The molecule has 5 nitrogen and oxygen atoms in total. The van der Waals surface area contributed by atoms with Gasteiger partial charge in [0, 0.05) is 37.6 Å². The second kappa shape index (κ2) is 9.46. The Labute approximate surface area is 195 Å². The van der Waals surface area contributed by atoms with E-state index in [1.807, 2.05) is 0 Å². The van der Waals surface area contributed by atoms with Gasteiger partial charge in [-0.2, -0.15) is 13.2 Å². The van der Waals surface area contributed by atoms with E-state index in [-0.39, 0.29) is 28.5 Å². The largest absolute Gasteiger partial charge is 0.441 e. The van der Waals surface area contributed by atoms with Crippen LogP contribution >= 0.6 is 11.3 Å². The van der Waals surface area contributed by atoms with Crippen LogP contribution in [0.3, 0.4) is 0 Å². The maximum absolute atomic E-state index is 13.5. The predicted octanol–water partition coefficient (Wildman–Crippen LogP) is 6.42. The van der Waals surface area contributed by atoms with E-state index < -0.39 is 11.9 Å². The average molecular weight is 480 g/mol. The fourth-order valence-electron chi connectivity index (χ4n) is 4.42. The van der Waals surface area contributed by atoms with E-state index in [2.05, 4.69) is 29.0 Å². The molecule has 0 spiro atoms. The Hall–Kier alpha value is -2.39. The number of aliphatic hydroxyl groups excluding tert-OH is 1. The first-order chi connectivity index (χ1) is 15.8. The van der Waals surface area contributed by atoms with Crippen molar-refractivity contribution in [3.63, 3.8) is 0 Å². The lowest BCUT2D eigenvalue weighted by Crippen LogP contribution is -2.16. The molecular weight excluding hydrogens is 451 g/mol. The van der Waals surface area contributed by atoms with Gasteiger partial charge in [0.1, 0.15) is 11.4 Å². The van der Waals surface area contributed by atoms with Crippen LogP contribution in [0.1, 0.15) is 56.0 Å². The molecule has 0 unspecified atom stereocenters. The third-order valence-electron chi connectivity index (χ3n) is 6.19. The molecule has 0 amide bonds. The minimum Gasteiger partial charge on any atom is -0.441 e. The van der Waals surface area contributed by atoms with Crippen LogP contribution in [0.4, 0.5) is 24.0 Å². The number of aliphatic hydroxyl groups is 1. The number of hydrogen-bond donors (Lipinski definition) is 1. The molecule has 0 aromatic carbocycles. The molecule has 33 heavy (non-hydrogen) atoms. The number of nitrogens with zero attached hydrogens (tertiary/aromatic N) is 3. The van der Waals surface area contributed by atoms with E-state index in [1.54, 1.807) is 30.3 Å². The molecule has 0 aliphatic heterocycles. The number of anilines is 2. The van der Waals surface area contributed by atoms with E-state index in [9.17, 15) is 18.3 Å². The normalized spacial score (nSPS) is 17.4. The minimum absolute atomic E-state index is 0.0101. The number of halogens is 3. The second-order valence-corrected chi connectivity index (χ2v) is 9.60. The summed E-state index contributed by atoms with van der Waals surface area (Å²) in [5.74, 6) is 1.25. The third-order valence-corrected chi connectivity index (χ3v) is 7.38. The molecule has 1 N–H and O–H groups in total. The van der Waals surface area contributed by atoms with Gasteiger partial charge in [0.05, 0.1) is 0 Å². The SMILES string of the molecule is CCCC1(C2=C(Oc3ncccc3N(C)c3nc(C(F)(F)F)c(CCO)s3)CCC=C2)CC1. The molecule has 1 saturated carbocycles. The lowest BCUT2D eigenvalue weighted by molar-refractivity contribution is -0.141. The van der Waals surface area contributed by atoms with E-state index in [0.717, 1.165) is 55.6 Å². The monoisotopic (exact) mass is 479 g/mol. The van der Waals surface area contributed by atoms with Crippen LogP contribution in [0.5, 0.6) is 5.88 Å². The first-order valence-corrected chi connectivity index (χ1v) is 12.1. The summed E-state index contributed by atoms with van der Waals surface area (Å²) in [5.41, 5.74) is 0.996. The average Bonchev–Trinajstić information content (AvgIpc) is 3.43. The van der Waals surface area contributed by atoms with Crippen LogP contribution < -0.4 is 9.64 Å². The number of ether oxygens (including phenoxy) is 1. The molecule has 0 saturated heterocycles. The lowest BCUT2D eigenvalue weighted by Gasteiger charge is -2.25. The summed E-state index contributed by atoms with van der Waals surface area (Å²) in [5, 5.41) is 9.36. The Bertz CT molecular complexity index is 1060. The minimum atomic E-state index is -4.58. The zero-order valence-electron chi connectivity index (χ0n) is 18.8. The quantitative estimate of drug-likeness (QED) is 0.450. The highest BCUT2D eigenvalue weighted by atomic mass is 32.1. The van der Waals surface area contributed by atoms with Gasteiger partial charge in [-0.15, -0.1) is 11.3 Å². The van der Waals surface area contributed by atoms with Gasteiger partial charge in [0.2, 0.25) is 5.88 Å². The summed E-state index contributed by atoms with van der Waals surface area (Å²) >= 11 is 0.918. The van der Waals surface area contributed by atoms with Crippen LogP contribution in [0, 0.1) is 5.41 Å². The molecule has 2 aliphatic carbocycles. The molecule has 178 valence electrons. The van der Waals surface area contributed by atoms with Gasteiger partial charge < -0.3 is 14.7 Å². The number of hydrogen-bond acceptors (Lipinski definition) is 6. The van der Waals surface area contributed by atoms with Crippen molar-refractivity contribution in [3.8, 4) is 5.88 Å². The highest BCUT2D eigenvalue weighted by molar-refractivity contribution is 7.15. The fraction of sp³-hybridized carbons (Fsp3) is 0.500. The highest BCUT2D eigenvalue weighted by Crippen LogP contribution is 2.57. The zero-order chi connectivity index (χ0) is 23.6. The molecule has 0 radical (unpaired) electrons. The van der Waals surface area contributed by atoms with Crippen molar-refractivity contribution in [1.82, 2.24) is 9.97 Å². The Balaban J connectivity index is 1.67. The van der Waals surface area contributed by atoms with Crippen molar-refractivity contribution in [2.45, 2.75) is 58.0 Å². The number of allylic oxidation sites excluding steroid dienone is 4. The highest BCUT2D eigenvalue weighted by Gasteiger charge is 2.46. The number of alkyl halides is 3.